The zero-order chi connectivity index (χ0) is 17.3. The highest BCUT2D eigenvalue weighted by molar-refractivity contribution is 5.93. The average Bonchev–Trinajstić information content (AvgIpc) is 2.95. The Morgan fingerprint density at radius 3 is 2.50 bits per heavy atom. The Morgan fingerprint density at radius 1 is 1.17 bits per heavy atom. The van der Waals surface area contributed by atoms with E-state index in [2.05, 4.69) is 4.98 Å². The van der Waals surface area contributed by atoms with Crippen molar-refractivity contribution in [2.24, 2.45) is 0 Å². The molecule has 2 heterocycles. The maximum Gasteiger partial charge on any atom is 0.409 e. The third kappa shape index (κ3) is 2.75. The second-order valence-electron chi connectivity index (χ2n) is 5.71. The second-order valence-corrected chi connectivity index (χ2v) is 5.71. The van der Waals surface area contributed by atoms with Crippen molar-refractivity contribution in [3.63, 3.8) is 0 Å². The summed E-state index contributed by atoms with van der Waals surface area (Å²) < 4.78 is 11.1. The summed E-state index contributed by atoms with van der Waals surface area (Å²) in [5.41, 5.74) is 1.50. The van der Waals surface area contributed by atoms with Crippen LogP contribution in [0.4, 0.5) is 4.79 Å². The maximum atomic E-state index is 12.3. The van der Waals surface area contributed by atoms with E-state index in [0.717, 1.165) is 5.52 Å². The van der Waals surface area contributed by atoms with Crippen LogP contribution in [0.25, 0.3) is 11.0 Å². The number of amides is 1. The Hall–Kier alpha value is -2.77. The van der Waals surface area contributed by atoms with E-state index < -0.39 is 5.97 Å². The molecule has 0 unspecified atom stereocenters. The van der Waals surface area contributed by atoms with Gasteiger partial charge in [-0.25, -0.2) is 14.4 Å². The number of ether oxygens (including phenoxy) is 2. The van der Waals surface area contributed by atoms with Gasteiger partial charge in [0.15, 0.2) is 0 Å². The summed E-state index contributed by atoms with van der Waals surface area (Å²) in [6.07, 6.45) is 0.990. The number of aromatic amines is 1. The third-order valence-electron chi connectivity index (χ3n) is 4.40. The zero-order valence-corrected chi connectivity index (χ0v) is 13.6. The molecule has 0 aliphatic carbocycles. The summed E-state index contributed by atoms with van der Waals surface area (Å²) in [7, 11) is 2.67. The Bertz CT molecular complexity index is 830. The third-order valence-corrected chi connectivity index (χ3v) is 4.40. The molecule has 0 bridgehead atoms. The fourth-order valence-electron chi connectivity index (χ4n) is 3.17. The summed E-state index contributed by atoms with van der Waals surface area (Å²) in [5.74, 6) is -0.447. The van der Waals surface area contributed by atoms with Crippen molar-refractivity contribution in [2.45, 2.75) is 18.9 Å². The topological polar surface area (TPSA) is 93.6 Å². The number of aromatic nitrogens is 2. The lowest BCUT2D eigenvalue weighted by atomic mass is 10.0. The average molecular weight is 333 g/mol. The summed E-state index contributed by atoms with van der Waals surface area (Å²) in [5, 5.41) is 0. The second kappa shape index (κ2) is 6.38. The number of hydrogen-bond donors (Lipinski definition) is 1. The first-order valence-corrected chi connectivity index (χ1v) is 7.70. The minimum absolute atomic E-state index is 0.00358. The van der Waals surface area contributed by atoms with Gasteiger partial charge in [-0.2, -0.15) is 0 Å². The molecular weight excluding hydrogens is 314 g/mol. The predicted octanol–water partition coefficient (Wildman–Crippen LogP) is 1.52. The number of hydrogen-bond acceptors (Lipinski definition) is 5. The fraction of sp³-hybridized carbons (Fsp3) is 0.438. The number of H-pyrrole nitrogens is 1. The number of benzene rings is 1. The lowest BCUT2D eigenvalue weighted by molar-refractivity contribution is 0.0601. The molecule has 24 heavy (non-hydrogen) atoms. The molecule has 1 saturated heterocycles. The van der Waals surface area contributed by atoms with E-state index in [4.69, 9.17) is 9.47 Å². The van der Waals surface area contributed by atoms with Gasteiger partial charge in [-0.1, -0.05) is 0 Å². The molecule has 1 aliphatic heterocycles. The van der Waals surface area contributed by atoms with E-state index >= 15 is 0 Å². The molecule has 1 N–H and O–H groups in total. The first-order chi connectivity index (χ1) is 11.5. The maximum absolute atomic E-state index is 12.3. The quantitative estimate of drug-likeness (QED) is 0.841. The molecule has 0 atom stereocenters. The van der Waals surface area contributed by atoms with Crippen LogP contribution in [0.5, 0.6) is 0 Å². The Balaban J connectivity index is 1.88. The van der Waals surface area contributed by atoms with Crippen molar-refractivity contribution in [3.05, 3.63) is 34.2 Å². The molecule has 1 aromatic carbocycles. The van der Waals surface area contributed by atoms with E-state index in [-0.39, 0.29) is 17.8 Å². The van der Waals surface area contributed by atoms with Crippen LogP contribution >= 0.6 is 0 Å². The van der Waals surface area contributed by atoms with Crippen LogP contribution in [-0.2, 0) is 9.47 Å². The van der Waals surface area contributed by atoms with Crippen LogP contribution in [0.15, 0.2) is 23.0 Å². The molecule has 0 saturated carbocycles. The standard InChI is InChI=1S/C16H19N3O5/c1-23-14(20)10-3-4-13-12(9-10)17-15(21)19(13)11-5-7-18(8-6-11)16(22)24-2/h3-4,9,11H,5-8H2,1-2H3,(H,17,21). The lowest BCUT2D eigenvalue weighted by Crippen LogP contribution is -2.40. The zero-order valence-electron chi connectivity index (χ0n) is 13.6. The molecule has 128 valence electrons. The van der Waals surface area contributed by atoms with Gasteiger partial charge in [-0.15, -0.1) is 0 Å². The highest BCUT2D eigenvalue weighted by Gasteiger charge is 2.26. The van der Waals surface area contributed by atoms with Crippen molar-refractivity contribution in [1.29, 1.82) is 0 Å². The van der Waals surface area contributed by atoms with E-state index in [0.29, 0.717) is 37.0 Å². The number of fused-ring (bicyclic) bond motifs is 1. The van der Waals surface area contributed by atoms with Gasteiger partial charge in [-0.05, 0) is 31.0 Å². The van der Waals surface area contributed by atoms with E-state index in [1.54, 1.807) is 27.7 Å². The highest BCUT2D eigenvalue weighted by Crippen LogP contribution is 2.25. The minimum atomic E-state index is -0.447. The van der Waals surface area contributed by atoms with Crippen molar-refractivity contribution in [1.82, 2.24) is 14.5 Å². The first kappa shape index (κ1) is 16.1. The first-order valence-electron chi connectivity index (χ1n) is 7.70. The van der Waals surface area contributed by atoms with Gasteiger partial charge in [0, 0.05) is 19.1 Å². The molecule has 8 heteroatoms. The summed E-state index contributed by atoms with van der Waals surface area (Å²) in [6, 6.07) is 4.99. The summed E-state index contributed by atoms with van der Waals surface area (Å²) >= 11 is 0. The van der Waals surface area contributed by atoms with Gasteiger partial charge in [0.1, 0.15) is 0 Å². The van der Waals surface area contributed by atoms with Gasteiger partial charge in [0.2, 0.25) is 0 Å². The predicted molar refractivity (Wildman–Crippen MR) is 86.1 cm³/mol. The van der Waals surface area contributed by atoms with Gasteiger partial charge in [-0.3, -0.25) is 4.57 Å². The lowest BCUT2D eigenvalue weighted by Gasteiger charge is -2.31. The number of methoxy groups -OCH3 is 2. The Kier molecular flexibility index (Phi) is 4.28. The molecule has 1 amide bonds. The number of rotatable bonds is 2. The number of nitrogens with zero attached hydrogens (tertiary/aromatic N) is 2. The number of imidazole rings is 1. The number of likely N-dealkylation sites (tertiary alicyclic amines) is 1. The van der Waals surface area contributed by atoms with Crippen molar-refractivity contribution < 1.29 is 19.1 Å². The van der Waals surface area contributed by atoms with Gasteiger partial charge in [0.05, 0.1) is 30.8 Å². The number of nitrogens with one attached hydrogen (secondary N) is 1. The fourth-order valence-corrected chi connectivity index (χ4v) is 3.17. The monoisotopic (exact) mass is 333 g/mol. The molecule has 1 fully saturated rings. The van der Waals surface area contributed by atoms with Crippen LogP contribution in [0, 0.1) is 0 Å². The summed E-state index contributed by atoms with van der Waals surface area (Å²) in [4.78, 5) is 39.9. The van der Waals surface area contributed by atoms with Gasteiger partial charge >= 0.3 is 17.8 Å². The number of carbonyl (C=O) groups is 2. The van der Waals surface area contributed by atoms with Crippen molar-refractivity contribution >= 4 is 23.1 Å². The smallest absolute Gasteiger partial charge is 0.409 e. The SMILES string of the molecule is COC(=O)c1ccc2c(c1)[nH]c(=O)n2C1CCN(C(=O)OC)CC1. The molecule has 2 aromatic rings. The normalized spacial score (nSPS) is 15.5. The molecule has 3 rings (SSSR count). The number of carbonyl (C=O) groups excluding carboxylic acids is 2. The molecular formula is C16H19N3O5. The van der Waals surface area contributed by atoms with Crippen LogP contribution in [-0.4, -0.2) is 53.8 Å². The number of piperidine rings is 1. The van der Waals surface area contributed by atoms with Crippen LogP contribution < -0.4 is 5.69 Å². The van der Waals surface area contributed by atoms with Gasteiger partial charge < -0.3 is 19.4 Å². The van der Waals surface area contributed by atoms with Crippen LogP contribution in [0.1, 0.15) is 29.2 Å². The Labute approximate surface area is 138 Å². The van der Waals surface area contributed by atoms with Crippen LogP contribution in [0.2, 0.25) is 0 Å². The van der Waals surface area contributed by atoms with E-state index in [1.165, 1.54) is 14.2 Å². The van der Waals surface area contributed by atoms with Crippen molar-refractivity contribution in [2.75, 3.05) is 27.3 Å². The molecule has 0 radical (unpaired) electrons. The van der Waals surface area contributed by atoms with E-state index in [9.17, 15) is 14.4 Å². The van der Waals surface area contributed by atoms with Crippen LogP contribution in [0.3, 0.4) is 0 Å². The molecule has 1 aliphatic rings. The molecule has 8 nitrogen and oxygen atoms in total. The minimum Gasteiger partial charge on any atom is -0.465 e. The highest BCUT2D eigenvalue weighted by atomic mass is 16.5. The summed E-state index contributed by atoms with van der Waals surface area (Å²) in [6.45, 7) is 1.08. The van der Waals surface area contributed by atoms with E-state index in [1.807, 2.05) is 0 Å². The molecule has 0 spiro atoms. The molecule has 1 aromatic heterocycles. The number of esters is 1. The van der Waals surface area contributed by atoms with Crippen molar-refractivity contribution in [3.8, 4) is 0 Å². The van der Waals surface area contributed by atoms with Gasteiger partial charge in [0.25, 0.3) is 0 Å². The largest absolute Gasteiger partial charge is 0.465 e. The Morgan fingerprint density at radius 2 is 1.88 bits per heavy atom.